The van der Waals surface area contributed by atoms with Crippen molar-refractivity contribution in [1.29, 1.82) is 0 Å². The summed E-state index contributed by atoms with van der Waals surface area (Å²) in [5, 5.41) is 8.59. The lowest BCUT2D eigenvalue weighted by Gasteiger charge is -2.07. The minimum atomic E-state index is -0.976. The van der Waals surface area contributed by atoms with Crippen LogP contribution >= 0.6 is 0 Å². The van der Waals surface area contributed by atoms with E-state index >= 15 is 0 Å². The Morgan fingerprint density at radius 3 is 3.00 bits per heavy atom. The zero-order valence-corrected chi connectivity index (χ0v) is 7.40. The lowest BCUT2D eigenvalue weighted by atomic mass is 10.0. The first kappa shape index (κ1) is 9.67. The monoisotopic (exact) mass is 180 g/mol. The van der Waals surface area contributed by atoms with Crippen LogP contribution in [0.25, 0.3) is 0 Å². The quantitative estimate of drug-likeness (QED) is 0.703. The Morgan fingerprint density at radius 2 is 2.46 bits per heavy atom. The van der Waals surface area contributed by atoms with Crippen molar-refractivity contribution < 1.29 is 9.90 Å². The molecule has 0 fully saturated rings. The summed E-state index contributed by atoms with van der Waals surface area (Å²) < 4.78 is 0. The van der Waals surface area contributed by atoms with Gasteiger partial charge in [0.05, 0.1) is 0 Å². The van der Waals surface area contributed by atoms with Gasteiger partial charge in [0.2, 0.25) is 0 Å². The number of aryl methyl sites for hydroxylation is 1. The molecule has 1 rings (SSSR count). The maximum atomic E-state index is 10.5. The number of nitrogens with zero attached hydrogens (tertiary/aromatic N) is 1. The van der Waals surface area contributed by atoms with Crippen LogP contribution < -0.4 is 5.73 Å². The fourth-order valence-electron chi connectivity index (χ4n) is 1.06. The molecule has 0 aliphatic carbocycles. The third kappa shape index (κ3) is 2.52. The fourth-order valence-corrected chi connectivity index (χ4v) is 1.06. The topological polar surface area (TPSA) is 76.2 Å². The molecule has 13 heavy (non-hydrogen) atoms. The van der Waals surface area contributed by atoms with Crippen LogP contribution in [-0.2, 0) is 11.2 Å². The van der Waals surface area contributed by atoms with Crippen molar-refractivity contribution in [3.05, 3.63) is 29.6 Å². The molecule has 1 unspecified atom stereocenters. The van der Waals surface area contributed by atoms with Gasteiger partial charge in [-0.2, -0.15) is 0 Å². The van der Waals surface area contributed by atoms with Crippen LogP contribution in [0.15, 0.2) is 18.5 Å². The second-order valence-corrected chi connectivity index (χ2v) is 2.95. The summed E-state index contributed by atoms with van der Waals surface area (Å²) in [5.41, 5.74) is 7.30. The molecule has 0 saturated carbocycles. The van der Waals surface area contributed by atoms with Crippen molar-refractivity contribution in [3.63, 3.8) is 0 Å². The number of hydrogen-bond donors (Lipinski definition) is 2. The van der Waals surface area contributed by atoms with E-state index in [-0.39, 0.29) is 0 Å². The minimum Gasteiger partial charge on any atom is -0.480 e. The standard InChI is InChI=1S/C9H12N2O2/c1-6-5-11-3-2-7(6)4-8(10)9(12)13/h2-3,5,8H,4,10H2,1H3,(H,12,13). The first-order chi connectivity index (χ1) is 6.11. The van der Waals surface area contributed by atoms with Gasteiger partial charge in [-0.25, -0.2) is 0 Å². The van der Waals surface area contributed by atoms with E-state index in [0.29, 0.717) is 6.42 Å². The molecule has 0 aliphatic rings. The minimum absolute atomic E-state index is 0.351. The summed E-state index contributed by atoms with van der Waals surface area (Å²) in [6, 6.07) is 0.957. The second-order valence-electron chi connectivity index (χ2n) is 2.95. The molecular weight excluding hydrogens is 168 g/mol. The Hall–Kier alpha value is -1.42. The van der Waals surface area contributed by atoms with Gasteiger partial charge in [-0.3, -0.25) is 9.78 Å². The summed E-state index contributed by atoms with van der Waals surface area (Å²) in [7, 11) is 0. The number of aliphatic carboxylic acids is 1. The van der Waals surface area contributed by atoms with Crippen LogP contribution in [0.4, 0.5) is 0 Å². The number of carboxylic acids is 1. The second kappa shape index (κ2) is 4.00. The number of rotatable bonds is 3. The summed E-state index contributed by atoms with van der Waals surface area (Å²) in [6.07, 6.45) is 3.69. The van der Waals surface area contributed by atoms with Gasteiger partial charge in [0, 0.05) is 12.4 Å². The van der Waals surface area contributed by atoms with E-state index in [1.807, 2.05) is 6.92 Å². The average Bonchev–Trinajstić information content (AvgIpc) is 2.08. The summed E-state index contributed by atoms with van der Waals surface area (Å²) in [6.45, 7) is 1.89. The smallest absolute Gasteiger partial charge is 0.320 e. The Balaban J connectivity index is 2.74. The van der Waals surface area contributed by atoms with Gasteiger partial charge >= 0.3 is 5.97 Å². The van der Waals surface area contributed by atoms with Crippen LogP contribution in [0.1, 0.15) is 11.1 Å². The third-order valence-corrected chi connectivity index (χ3v) is 1.89. The van der Waals surface area contributed by atoms with E-state index in [2.05, 4.69) is 4.98 Å². The maximum Gasteiger partial charge on any atom is 0.320 e. The molecule has 70 valence electrons. The molecule has 0 aromatic carbocycles. The lowest BCUT2D eigenvalue weighted by molar-refractivity contribution is -0.138. The van der Waals surface area contributed by atoms with E-state index in [4.69, 9.17) is 10.8 Å². The number of aromatic nitrogens is 1. The lowest BCUT2D eigenvalue weighted by Crippen LogP contribution is -2.32. The highest BCUT2D eigenvalue weighted by Gasteiger charge is 2.12. The van der Waals surface area contributed by atoms with Gasteiger partial charge in [0.1, 0.15) is 6.04 Å². The van der Waals surface area contributed by atoms with Gasteiger partial charge < -0.3 is 10.8 Å². The van der Waals surface area contributed by atoms with Gasteiger partial charge in [-0.1, -0.05) is 0 Å². The molecule has 0 spiro atoms. The van der Waals surface area contributed by atoms with E-state index < -0.39 is 12.0 Å². The maximum absolute atomic E-state index is 10.5. The Kier molecular flexibility index (Phi) is 2.97. The average molecular weight is 180 g/mol. The molecule has 0 aliphatic heterocycles. The van der Waals surface area contributed by atoms with Gasteiger partial charge in [0.15, 0.2) is 0 Å². The summed E-state index contributed by atoms with van der Waals surface area (Å²) >= 11 is 0. The fraction of sp³-hybridized carbons (Fsp3) is 0.333. The molecule has 0 amide bonds. The Morgan fingerprint density at radius 1 is 1.77 bits per heavy atom. The SMILES string of the molecule is Cc1cnccc1CC(N)C(=O)O. The van der Waals surface area contributed by atoms with E-state index in [1.54, 1.807) is 18.5 Å². The number of carbonyl (C=O) groups is 1. The zero-order chi connectivity index (χ0) is 9.84. The molecular formula is C9H12N2O2. The van der Waals surface area contributed by atoms with E-state index in [0.717, 1.165) is 11.1 Å². The third-order valence-electron chi connectivity index (χ3n) is 1.89. The molecule has 0 saturated heterocycles. The van der Waals surface area contributed by atoms with Crippen molar-refractivity contribution in [2.75, 3.05) is 0 Å². The predicted octanol–water partition coefficient (Wildman–Crippen LogP) is 0.344. The van der Waals surface area contributed by atoms with Gasteiger partial charge in [0.25, 0.3) is 0 Å². The highest BCUT2D eigenvalue weighted by Crippen LogP contribution is 2.07. The molecule has 0 bridgehead atoms. The van der Waals surface area contributed by atoms with E-state index in [1.165, 1.54) is 0 Å². The molecule has 1 aromatic rings. The van der Waals surface area contributed by atoms with Crippen LogP contribution in [0.3, 0.4) is 0 Å². The number of carboxylic acid groups (broad SMARTS) is 1. The largest absolute Gasteiger partial charge is 0.480 e. The van der Waals surface area contributed by atoms with Crippen LogP contribution in [0.5, 0.6) is 0 Å². The highest BCUT2D eigenvalue weighted by atomic mass is 16.4. The van der Waals surface area contributed by atoms with Crippen molar-refractivity contribution in [2.24, 2.45) is 5.73 Å². The molecule has 1 aromatic heterocycles. The summed E-state index contributed by atoms with van der Waals surface area (Å²) in [5.74, 6) is -0.976. The normalized spacial score (nSPS) is 12.5. The molecule has 1 atom stereocenters. The van der Waals surface area contributed by atoms with Crippen LogP contribution in [0.2, 0.25) is 0 Å². The highest BCUT2D eigenvalue weighted by molar-refractivity contribution is 5.73. The number of hydrogen-bond acceptors (Lipinski definition) is 3. The first-order valence-corrected chi connectivity index (χ1v) is 3.99. The summed E-state index contributed by atoms with van der Waals surface area (Å²) in [4.78, 5) is 14.4. The van der Waals surface area contributed by atoms with Gasteiger partial charge in [-0.05, 0) is 30.5 Å². The Bertz CT molecular complexity index is 312. The molecule has 0 radical (unpaired) electrons. The number of nitrogens with two attached hydrogens (primary N) is 1. The Labute approximate surface area is 76.4 Å². The zero-order valence-electron chi connectivity index (χ0n) is 7.40. The van der Waals surface area contributed by atoms with Crippen LogP contribution in [-0.4, -0.2) is 22.1 Å². The molecule has 4 heteroatoms. The molecule has 1 heterocycles. The van der Waals surface area contributed by atoms with E-state index in [9.17, 15) is 4.79 Å². The molecule has 4 nitrogen and oxygen atoms in total. The van der Waals surface area contributed by atoms with Crippen molar-refractivity contribution in [1.82, 2.24) is 4.98 Å². The van der Waals surface area contributed by atoms with Crippen molar-refractivity contribution in [3.8, 4) is 0 Å². The van der Waals surface area contributed by atoms with Gasteiger partial charge in [-0.15, -0.1) is 0 Å². The molecule has 3 N–H and O–H groups in total. The number of pyridine rings is 1. The van der Waals surface area contributed by atoms with Crippen molar-refractivity contribution >= 4 is 5.97 Å². The first-order valence-electron chi connectivity index (χ1n) is 3.99. The predicted molar refractivity (Wildman–Crippen MR) is 48.3 cm³/mol. The van der Waals surface area contributed by atoms with Crippen LogP contribution in [0, 0.1) is 6.92 Å². The van der Waals surface area contributed by atoms with Crippen molar-refractivity contribution in [2.45, 2.75) is 19.4 Å².